The number of fused-ring (bicyclic) bond motifs is 10. The van der Waals surface area contributed by atoms with Gasteiger partial charge in [0.15, 0.2) is 0 Å². The predicted octanol–water partition coefficient (Wildman–Crippen LogP) is 11.4. The third-order valence-corrected chi connectivity index (χ3v) is 9.32. The summed E-state index contributed by atoms with van der Waals surface area (Å²) < 4.78 is 11.3. The first-order chi connectivity index (χ1) is 22.3. The lowest BCUT2D eigenvalue weighted by Crippen LogP contribution is -1.98. The second-order valence-corrected chi connectivity index (χ2v) is 11.7. The molecule has 45 heavy (non-hydrogen) atoms. The Morgan fingerprint density at radius 3 is 1.56 bits per heavy atom. The molecule has 7 aromatic carbocycles. The molecule has 0 atom stereocenters. The number of rotatable bonds is 3. The van der Waals surface area contributed by atoms with Gasteiger partial charge in [0.05, 0.1) is 22.1 Å². The predicted molar refractivity (Wildman–Crippen MR) is 188 cm³/mol. The highest BCUT2D eigenvalue weighted by molar-refractivity contribution is 6.23. The van der Waals surface area contributed by atoms with Gasteiger partial charge in [0.1, 0.15) is 11.2 Å². The van der Waals surface area contributed by atoms with E-state index in [0.29, 0.717) is 0 Å². The van der Waals surface area contributed by atoms with Crippen LogP contribution in [0.4, 0.5) is 0 Å². The Kier molecular flexibility index (Phi) is 5.00. The van der Waals surface area contributed by atoms with Crippen LogP contribution in [-0.4, -0.2) is 9.13 Å². The summed E-state index contributed by atoms with van der Waals surface area (Å²) in [5, 5.41) is 7.29. The lowest BCUT2D eigenvalue weighted by molar-refractivity contribution is 0.670. The van der Waals surface area contributed by atoms with E-state index in [9.17, 15) is 0 Å². The molecule has 10 rings (SSSR count). The van der Waals surface area contributed by atoms with E-state index in [1.54, 1.807) is 0 Å². The van der Waals surface area contributed by atoms with Gasteiger partial charge in [0, 0.05) is 49.3 Å². The average molecular weight is 575 g/mol. The summed E-state index contributed by atoms with van der Waals surface area (Å²) >= 11 is 0. The normalized spacial score (nSPS) is 12.0. The van der Waals surface area contributed by atoms with Gasteiger partial charge in [-0.2, -0.15) is 0 Å². The molecular formula is C42H26N2O. The van der Waals surface area contributed by atoms with E-state index in [0.717, 1.165) is 44.4 Å². The molecule has 3 heterocycles. The molecule has 3 heteroatoms. The molecule has 0 bridgehead atoms. The number of nitrogens with zero attached hydrogens (tertiary/aromatic N) is 2. The summed E-state index contributed by atoms with van der Waals surface area (Å²) in [5.74, 6) is 0. The fraction of sp³-hybridized carbons (Fsp3) is 0. The van der Waals surface area contributed by atoms with E-state index in [1.807, 2.05) is 12.1 Å². The first-order valence-electron chi connectivity index (χ1n) is 15.4. The fourth-order valence-electron chi connectivity index (χ4n) is 7.38. The third kappa shape index (κ3) is 3.41. The minimum Gasteiger partial charge on any atom is -0.455 e. The molecule has 210 valence electrons. The van der Waals surface area contributed by atoms with Crippen molar-refractivity contribution in [2.45, 2.75) is 0 Å². The smallest absolute Gasteiger partial charge is 0.143 e. The van der Waals surface area contributed by atoms with Crippen LogP contribution in [0.25, 0.3) is 88.1 Å². The van der Waals surface area contributed by atoms with Crippen LogP contribution in [0.5, 0.6) is 0 Å². The average Bonchev–Trinajstić information content (AvgIpc) is 3.77. The van der Waals surface area contributed by atoms with Gasteiger partial charge >= 0.3 is 0 Å². The first kappa shape index (κ1) is 24.4. The van der Waals surface area contributed by atoms with E-state index >= 15 is 0 Å². The molecule has 0 aliphatic heterocycles. The van der Waals surface area contributed by atoms with Crippen molar-refractivity contribution < 1.29 is 4.42 Å². The Balaban J connectivity index is 1.27. The van der Waals surface area contributed by atoms with E-state index in [2.05, 4.69) is 155 Å². The molecule has 0 aliphatic rings. The van der Waals surface area contributed by atoms with Crippen LogP contribution in [0.2, 0.25) is 0 Å². The second-order valence-electron chi connectivity index (χ2n) is 11.7. The van der Waals surface area contributed by atoms with Crippen molar-refractivity contribution in [1.29, 1.82) is 0 Å². The van der Waals surface area contributed by atoms with Gasteiger partial charge in [-0.05, 0) is 48.0 Å². The number of para-hydroxylation sites is 5. The molecule has 3 aromatic heterocycles. The highest BCUT2D eigenvalue weighted by Gasteiger charge is 2.21. The van der Waals surface area contributed by atoms with E-state index < -0.39 is 0 Å². The quantitative estimate of drug-likeness (QED) is 0.206. The zero-order valence-electron chi connectivity index (χ0n) is 24.3. The summed E-state index contributed by atoms with van der Waals surface area (Å²) in [6, 6.07) is 56.5. The maximum atomic E-state index is 6.38. The van der Waals surface area contributed by atoms with Crippen molar-refractivity contribution in [2.75, 3.05) is 0 Å². The molecule has 0 radical (unpaired) electrons. The van der Waals surface area contributed by atoms with E-state index in [-0.39, 0.29) is 0 Å². The molecule has 0 saturated heterocycles. The van der Waals surface area contributed by atoms with Gasteiger partial charge in [-0.25, -0.2) is 0 Å². The molecule has 0 unspecified atom stereocenters. The Morgan fingerprint density at radius 1 is 0.356 bits per heavy atom. The van der Waals surface area contributed by atoms with Crippen molar-refractivity contribution in [3.8, 4) is 22.5 Å². The largest absolute Gasteiger partial charge is 0.455 e. The molecular weight excluding hydrogens is 548 g/mol. The van der Waals surface area contributed by atoms with Crippen molar-refractivity contribution >= 4 is 65.6 Å². The van der Waals surface area contributed by atoms with Gasteiger partial charge in [0.2, 0.25) is 0 Å². The van der Waals surface area contributed by atoms with E-state index in [4.69, 9.17) is 4.42 Å². The third-order valence-electron chi connectivity index (χ3n) is 9.32. The SMILES string of the molecule is c1ccc(-n2c3ccccc3c3ccc4c5ccccc5n(-c5ccc(-c6cccc7c6oc6ccccc67)cc5)c4c32)cc1. The Hall–Kier alpha value is -6.06. The lowest BCUT2D eigenvalue weighted by atomic mass is 10.0. The zero-order valence-corrected chi connectivity index (χ0v) is 24.3. The van der Waals surface area contributed by atoms with E-state index in [1.165, 1.54) is 43.6 Å². The van der Waals surface area contributed by atoms with Gasteiger partial charge in [-0.3, -0.25) is 0 Å². The van der Waals surface area contributed by atoms with Crippen LogP contribution in [0.3, 0.4) is 0 Å². The van der Waals surface area contributed by atoms with Gasteiger partial charge in [0.25, 0.3) is 0 Å². The Morgan fingerprint density at radius 2 is 0.889 bits per heavy atom. The molecule has 10 aromatic rings. The summed E-state index contributed by atoms with van der Waals surface area (Å²) in [6.45, 7) is 0. The maximum Gasteiger partial charge on any atom is 0.143 e. The van der Waals surface area contributed by atoms with Crippen LogP contribution in [0, 0.1) is 0 Å². The fourth-order valence-corrected chi connectivity index (χ4v) is 7.38. The van der Waals surface area contributed by atoms with Crippen LogP contribution >= 0.6 is 0 Å². The number of aromatic nitrogens is 2. The number of hydrogen-bond donors (Lipinski definition) is 0. The Labute approximate surface area is 258 Å². The number of furan rings is 1. The topological polar surface area (TPSA) is 23.0 Å². The van der Waals surface area contributed by atoms with Crippen LogP contribution in [-0.2, 0) is 0 Å². The lowest BCUT2D eigenvalue weighted by Gasteiger charge is -2.13. The van der Waals surface area contributed by atoms with Crippen molar-refractivity contribution in [1.82, 2.24) is 9.13 Å². The Bertz CT molecular complexity index is 2740. The molecule has 0 saturated carbocycles. The van der Waals surface area contributed by atoms with Crippen LogP contribution < -0.4 is 0 Å². The first-order valence-corrected chi connectivity index (χ1v) is 15.4. The van der Waals surface area contributed by atoms with Crippen molar-refractivity contribution in [3.63, 3.8) is 0 Å². The molecule has 0 N–H and O–H groups in total. The minimum absolute atomic E-state index is 0.916. The summed E-state index contributed by atoms with van der Waals surface area (Å²) in [6.07, 6.45) is 0. The summed E-state index contributed by atoms with van der Waals surface area (Å²) in [5.41, 5.74) is 11.2. The molecule has 3 nitrogen and oxygen atoms in total. The molecule has 0 fully saturated rings. The van der Waals surface area contributed by atoms with Gasteiger partial charge < -0.3 is 13.6 Å². The number of hydrogen-bond acceptors (Lipinski definition) is 1. The molecule has 0 amide bonds. The minimum atomic E-state index is 0.916. The summed E-state index contributed by atoms with van der Waals surface area (Å²) in [7, 11) is 0. The molecule has 0 aliphatic carbocycles. The number of benzene rings is 7. The van der Waals surface area contributed by atoms with Crippen molar-refractivity contribution in [2.24, 2.45) is 0 Å². The van der Waals surface area contributed by atoms with Crippen LogP contribution in [0.15, 0.2) is 162 Å². The summed E-state index contributed by atoms with van der Waals surface area (Å²) in [4.78, 5) is 0. The maximum absolute atomic E-state index is 6.38. The zero-order chi connectivity index (χ0) is 29.5. The molecule has 0 spiro atoms. The highest BCUT2D eigenvalue weighted by atomic mass is 16.3. The van der Waals surface area contributed by atoms with Gasteiger partial charge in [-0.1, -0.05) is 115 Å². The van der Waals surface area contributed by atoms with Crippen molar-refractivity contribution in [3.05, 3.63) is 158 Å². The van der Waals surface area contributed by atoms with Crippen LogP contribution in [0.1, 0.15) is 0 Å². The standard InChI is InChI=1S/C42H26N2O/c1-2-11-28(12-3-1)43-37-18-7-4-13-31(37)34-25-26-35-32-14-5-8-19-38(32)44(41(35)40(34)43)29-23-21-27(22-24-29)30-16-10-17-36-33-15-6-9-20-39(33)45-42(30)36/h1-26H. The second kappa shape index (κ2) is 9.22. The van der Waals surface area contributed by atoms with Gasteiger partial charge in [-0.15, -0.1) is 0 Å². The monoisotopic (exact) mass is 574 g/mol. The highest BCUT2D eigenvalue weighted by Crippen LogP contribution is 2.42.